The number of halogens is 1. The minimum atomic E-state index is -0.222. The fraction of sp³-hybridized carbons (Fsp3) is 0.273. The summed E-state index contributed by atoms with van der Waals surface area (Å²) in [4.78, 5) is 0. The molecular formula is C11H12FN3O. The van der Waals surface area contributed by atoms with E-state index >= 15 is 0 Å². The largest absolute Gasteiger partial charge is 0.379 e. The van der Waals surface area contributed by atoms with Crippen LogP contribution in [-0.4, -0.2) is 10.3 Å². The van der Waals surface area contributed by atoms with Crippen molar-refractivity contribution in [2.75, 3.05) is 5.32 Å². The lowest BCUT2D eigenvalue weighted by Gasteiger charge is -2.08. The molecule has 0 saturated carbocycles. The van der Waals surface area contributed by atoms with Gasteiger partial charge in [0.05, 0.1) is 6.54 Å². The molecule has 0 aliphatic heterocycles. The molecule has 16 heavy (non-hydrogen) atoms. The molecule has 0 aliphatic rings. The molecule has 0 saturated heterocycles. The van der Waals surface area contributed by atoms with Crippen LogP contribution in [0, 0.1) is 19.7 Å². The fourth-order valence-corrected chi connectivity index (χ4v) is 1.39. The Hall–Kier alpha value is -1.91. The molecule has 0 bridgehead atoms. The van der Waals surface area contributed by atoms with Gasteiger partial charge in [-0.3, -0.25) is 0 Å². The zero-order valence-electron chi connectivity index (χ0n) is 9.12. The Balaban J connectivity index is 2.11. The lowest BCUT2D eigenvalue weighted by molar-refractivity contribution is 0.301. The van der Waals surface area contributed by atoms with Gasteiger partial charge in [-0.1, -0.05) is 16.4 Å². The van der Waals surface area contributed by atoms with E-state index in [2.05, 4.69) is 20.3 Å². The summed E-state index contributed by atoms with van der Waals surface area (Å²) in [5, 5.41) is 10.5. The summed E-state index contributed by atoms with van der Waals surface area (Å²) in [5.41, 5.74) is 2.81. The number of anilines is 1. The minimum Gasteiger partial charge on any atom is -0.379 e. The molecule has 5 heteroatoms. The number of nitrogens with zero attached hydrogens (tertiary/aromatic N) is 2. The monoisotopic (exact) mass is 221 g/mol. The molecule has 2 rings (SSSR count). The van der Waals surface area contributed by atoms with Crippen molar-refractivity contribution >= 4 is 5.69 Å². The number of nitrogens with one attached hydrogen (secondary N) is 1. The molecule has 1 heterocycles. The lowest BCUT2D eigenvalue weighted by Crippen LogP contribution is -2.03. The summed E-state index contributed by atoms with van der Waals surface area (Å²) in [6.45, 7) is 4.01. The highest BCUT2D eigenvalue weighted by Crippen LogP contribution is 2.18. The van der Waals surface area contributed by atoms with Crippen LogP contribution in [0.25, 0.3) is 0 Å². The SMILES string of the molecule is Cc1nonc1CNc1cccc(F)c1C. The predicted octanol–water partition coefficient (Wildman–Crippen LogP) is 2.44. The van der Waals surface area contributed by atoms with E-state index in [1.807, 2.05) is 13.0 Å². The number of hydrogen-bond donors (Lipinski definition) is 1. The van der Waals surface area contributed by atoms with Gasteiger partial charge in [0.15, 0.2) is 0 Å². The maximum Gasteiger partial charge on any atom is 0.128 e. The first kappa shape index (κ1) is 10.6. The third-order valence-corrected chi connectivity index (χ3v) is 2.46. The van der Waals surface area contributed by atoms with Gasteiger partial charge in [0.1, 0.15) is 17.2 Å². The topological polar surface area (TPSA) is 51.0 Å². The quantitative estimate of drug-likeness (QED) is 0.864. The van der Waals surface area contributed by atoms with Gasteiger partial charge in [0.2, 0.25) is 0 Å². The Bertz CT molecular complexity index is 496. The molecule has 0 radical (unpaired) electrons. The Labute approximate surface area is 92.4 Å². The van der Waals surface area contributed by atoms with E-state index < -0.39 is 0 Å². The molecule has 0 aliphatic carbocycles. The van der Waals surface area contributed by atoms with E-state index in [0.717, 1.165) is 17.1 Å². The number of hydrogen-bond acceptors (Lipinski definition) is 4. The molecule has 1 aromatic heterocycles. The third kappa shape index (κ3) is 2.03. The predicted molar refractivity (Wildman–Crippen MR) is 57.5 cm³/mol. The van der Waals surface area contributed by atoms with Crippen LogP contribution in [0.15, 0.2) is 22.8 Å². The highest BCUT2D eigenvalue weighted by molar-refractivity contribution is 5.51. The summed E-state index contributed by atoms with van der Waals surface area (Å²) in [5.74, 6) is -0.222. The zero-order chi connectivity index (χ0) is 11.5. The molecule has 0 atom stereocenters. The summed E-state index contributed by atoms with van der Waals surface area (Å²) in [7, 11) is 0. The second-order valence-corrected chi connectivity index (χ2v) is 3.56. The molecule has 4 nitrogen and oxygen atoms in total. The summed E-state index contributed by atoms with van der Waals surface area (Å²) >= 11 is 0. The summed E-state index contributed by atoms with van der Waals surface area (Å²) < 4.78 is 17.8. The molecule has 0 spiro atoms. The average molecular weight is 221 g/mol. The molecule has 84 valence electrons. The average Bonchev–Trinajstić information content (AvgIpc) is 2.67. The second-order valence-electron chi connectivity index (χ2n) is 3.56. The van der Waals surface area contributed by atoms with Crippen LogP contribution >= 0.6 is 0 Å². The van der Waals surface area contributed by atoms with Crippen molar-refractivity contribution in [3.05, 3.63) is 41.0 Å². The van der Waals surface area contributed by atoms with E-state index in [1.165, 1.54) is 6.07 Å². The van der Waals surface area contributed by atoms with Gasteiger partial charge in [-0.05, 0) is 26.0 Å². The Morgan fingerprint density at radius 2 is 2.12 bits per heavy atom. The van der Waals surface area contributed by atoms with Crippen molar-refractivity contribution in [1.29, 1.82) is 0 Å². The molecule has 0 fully saturated rings. The zero-order valence-corrected chi connectivity index (χ0v) is 9.12. The minimum absolute atomic E-state index is 0.222. The van der Waals surface area contributed by atoms with Gasteiger partial charge < -0.3 is 5.32 Å². The van der Waals surface area contributed by atoms with Crippen molar-refractivity contribution in [3.8, 4) is 0 Å². The van der Waals surface area contributed by atoms with Gasteiger partial charge in [-0.2, -0.15) is 0 Å². The fourth-order valence-electron chi connectivity index (χ4n) is 1.39. The smallest absolute Gasteiger partial charge is 0.128 e. The van der Waals surface area contributed by atoms with E-state index in [-0.39, 0.29) is 5.82 Å². The third-order valence-electron chi connectivity index (χ3n) is 2.46. The van der Waals surface area contributed by atoms with Gasteiger partial charge in [-0.25, -0.2) is 9.02 Å². The first-order chi connectivity index (χ1) is 7.68. The van der Waals surface area contributed by atoms with Crippen LogP contribution in [0.3, 0.4) is 0 Å². The van der Waals surface area contributed by atoms with E-state index in [4.69, 9.17) is 0 Å². The van der Waals surface area contributed by atoms with Gasteiger partial charge in [-0.15, -0.1) is 0 Å². The van der Waals surface area contributed by atoms with Crippen molar-refractivity contribution in [3.63, 3.8) is 0 Å². The van der Waals surface area contributed by atoms with Crippen LogP contribution in [0.4, 0.5) is 10.1 Å². The van der Waals surface area contributed by atoms with E-state index in [0.29, 0.717) is 12.1 Å². The second kappa shape index (κ2) is 4.30. The molecular weight excluding hydrogens is 209 g/mol. The highest BCUT2D eigenvalue weighted by Gasteiger charge is 2.06. The molecule has 0 amide bonds. The van der Waals surface area contributed by atoms with Crippen molar-refractivity contribution < 1.29 is 9.02 Å². The summed E-state index contributed by atoms with van der Waals surface area (Å²) in [6.07, 6.45) is 0. The first-order valence-corrected chi connectivity index (χ1v) is 4.95. The van der Waals surface area contributed by atoms with E-state index in [1.54, 1.807) is 13.0 Å². The van der Waals surface area contributed by atoms with Gasteiger partial charge >= 0.3 is 0 Å². The lowest BCUT2D eigenvalue weighted by atomic mass is 10.2. The maximum absolute atomic E-state index is 13.2. The van der Waals surface area contributed by atoms with Crippen LogP contribution in [-0.2, 0) is 6.54 Å². The maximum atomic E-state index is 13.2. The Morgan fingerprint density at radius 1 is 1.31 bits per heavy atom. The van der Waals surface area contributed by atoms with Crippen molar-refractivity contribution in [1.82, 2.24) is 10.3 Å². The number of rotatable bonds is 3. The highest BCUT2D eigenvalue weighted by atomic mass is 19.1. The van der Waals surface area contributed by atoms with Crippen LogP contribution in [0.2, 0.25) is 0 Å². The van der Waals surface area contributed by atoms with Gasteiger partial charge in [0, 0.05) is 11.3 Å². The number of aryl methyl sites for hydroxylation is 1. The molecule has 1 N–H and O–H groups in total. The number of aromatic nitrogens is 2. The molecule has 0 unspecified atom stereocenters. The first-order valence-electron chi connectivity index (χ1n) is 4.95. The van der Waals surface area contributed by atoms with E-state index in [9.17, 15) is 4.39 Å². The van der Waals surface area contributed by atoms with Crippen LogP contribution in [0.1, 0.15) is 17.0 Å². The Kier molecular flexibility index (Phi) is 2.85. The van der Waals surface area contributed by atoms with Crippen molar-refractivity contribution in [2.24, 2.45) is 0 Å². The van der Waals surface area contributed by atoms with Crippen molar-refractivity contribution in [2.45, 2.75) is 20.4 Å². The normalized spacial score (nSPS) is 10.4. The standard InChI is InChI=1S/C11H12FN3O/c1-7-9(12)4-3-5-10(7)13-6-11-8(2)14-16-15-11/h3-5,13H,6H2,1-2H3. The van der Waals surface area contributed by atoms with Crippen LogP contribution < -0.4 is 5.32 Å². The number of benzene rings is 1. The van der Waals surface area contributed by atoms with Crippen LogP contribution in [0.5, 0.6) is 0 Å². The molecule has 1 aromatic carbocycles. The van der Waals surface area contributed by atoms with Gasteiger partial charge in [0.25, 0.3) is 0 Å². The molecule has 2 aromatic rings. The summed E-state index contributed by atoms with van der Waals surface area (Å²) in [6, 6.07) is 4.92. The Morgan fingerprint density at radius 3 is 2.81 bits per heavy atom.